The minimum absolute atomic E-state index is 0.0670. The molecule has 1 aliphatic carbocycles. The van der Waals surface area contributed by atoms with Gasteiger partial charge in [0.05, 0.1) is 27.8 Å². The lowest BCUT2D eigenvalue weighted by Gasteiger charge is -2.16. The van der Waals surface area contributed by atoms with Crippen molar-refractivity contribution in [3.05, 3.63) is 87.4 Å². The van der Waals surface area contributed by atoms with E-state index in [2.05, 4.69) is 10.6 Å². The van der Waals surface area contributed by atoms with Gasteiger partial charge in [-0.25, -0.2) is 17.6 Å². The van der Waals surface area contributed by atoms with E-state index in [1.807, 2.05) is 5.32 Å². The van der Waals surface area contributed by atoms with Gasteiger partial charge in [0.1, 0.15) is 15.8 Å². The van der Waals surface area contributed by atoms with Gasteiger partial charge in [0, 0.05) is 31.0 Å². The Kier molecular flexibility index (Phi) is 8.91. The molecule has 2 unspecified atom stereocenters. The highest BCUT2D eigenvalue weighted by molar-refractivity contribution is 6.53. The average molecular weight is 685 g/mol. The lowest BCUT2D eigenvalue weighted by Crippen LogP contribution is -2.19. The van der Waals surface area contributed by atoms with Crippen molar-refractivity contribution in [3.63, 3.8) is 0 Å². The molecule has 3 aromatic rings. The quantitative estimate of drug-likeness (QED) is 0.172. The van der Waals surface area contributed by atoms with Crippen LogP contribution in [-0.4, -0.2) is 22.1 Å². The molecule has 1 saturated carbocycles. The maximum Gasteiger partial charge on any atom is 0.416 e. The van der Waals surface area contributed by atoms with Gasteiger partial charge in [-0.2, -0.15) is 13.2 Å². The van der Waals surface area contributed by atoms with E-state index >= 15 is 0 Å². The smallest absolute Gasteiger partial charge is 0.326 e. The van der Waals surface area contributed by atoms with Crippen LogP contribution in [0.4, 0.5) is 47.8 Å². The number of halogens is 10. The van der Waals surface area contributed by atoms with Crippen LogP contribution in [0, 0.1) is 17.6 Å². The van der Waals surface area contributed by atoms with Gasteiger partial charge >= 0.3 is 6.18 Å². The van der Waals surface area contributed by atoms with Crippen molar-refractivity contribution in [2.75, 3.05) is 16.0 Å². The number of hydrogen-bond acceptors (Lipinski definition) is 3. The van der Waals surface area contributed by atoms with Crippen LogP contribution in [0.25, 0.3) is 0 Å². The molecule has 3 amide bonds. The van der Waals surface area contributed by atoms with E-state index in [1.54, 1.807) is 0 Å². The number of rotatable bonds is 7. The number of alkyl halides is 7. The number of carbonyl (C=O) groups is 3. The molecular weight excluding hydrogens is 666 g/mol. The second-order valence-corrected chi connectivity index (χ2v) is 11.8. The number of amides is 3. The first kappa shape index (κ1) is 33.3. The van der Waals surface area contributed by atoms with E-state index in [1.165, 1.54) is 12.1 Å². The third kappa shape index (κ3) is 6.89. The van der Waals surface area contributed by atoms with Crippen molar-refractivity contribution in [2.45, 2.75) is 36.2 Å². The summed E-state index contributed by atoms with van der Waals surface area (Å²) < 4.78 is 95.1. The van der Waals surface area contributed by atoms with Crippen molar-refractivity contribution in [1.82, 2.24) is 0 Å². The predicted octanol–water partition coefficient (Wildman–Crippen LogP) is 8.49. The van der Waals surface area contributed by atoms with Crippen LogP contribution < -0.4 is 16.0 Å². The zero-order valence-corrected chi connectivity index (χ0v) is 24.5. The van der Waals surface area contributed by atoms with Crippen molar-refractivity contribution >= 4 is 69.6 Å². The fraction of sp³-hybridized carbons (Fsp3) is 0.250. The van der Waals surface area contributed by atoms with E-state index < -0.39 is 80.1 Å². The summed E-state index contributed by atoms with van der Waals surface area (Å²) in [7, 11) is 0. The Hall–Kier alpha value is -3.55. The van der Waals surface area contributed by atoms with Crippen LogP contribution in [0.2, 0.25) is 5.02 Å². The van der Waals surface area contributed by atoms with Crippen LogP contribution in [0.5, 0.6) is 0 Å². The highest BCUT2D eigenvalue weighted by Crippen LogP contribution is 2.65. The van der Waals surface area contributed by atoms with Gasteiger partial charge in [-0.05, 0) is 54.1 Å². The molecule has 6 nitrogen and oxygen atoms in total. The predicted molar refractivity (Wildman–Crippen MR) is 150 cm³/mol. The van der Waals surface area contributed by atoms with Crippen molar-refractivity contribution in [1.29, 1.82) is 0 Å². The number of nitrogens with one attached hydrogen (secondary N) is 3. The standard InChI is InChI=1S/C28H19Cl3F7N3O3/c1-11(42)39-23-18(32)5-6-19(22(23)33)41-24(43)16-10-15(3-4-17(16)29)40-25(44)21-20(27(21,30)31)12-7-13(26(2,34)35)9-14(8-12)28(36,37)38/h3-10,20-21H,1-2H3,(H,39,42)(H,40,44)(H,41,43). The van der Waals surface area contributed by atoms with Gasteiger partial charge in [0.25, 0.3) is 11.8 Å². The summed E-state index contributed by atoms with van der Waals surface area (Å²) in [4.78, 5) is 37.3. The Labute approximate surface area is 259 Å². The summed E-state index contributed by atoms with van der Waals surface area (Å²) in [6, 6.07) is 6.90. The Morgan fingerprint density at radius 1 is 0.864 bits per heavy atom. The molecule has 234 valence electrons. The summed E-state index contributed by atoms with van der Waals surface area (Å²) >= 11 is 18.6. The van der Waals surface area contributed by atoms with Gasteiger partial charge < -0.3 is 16.0 Å². The van der Waals surface area contributed by atoms with E-state index in [0.29, 0.717) is 19.1 Å². The molecule has 0 saturated heterocycles. The van der Waals surface area contributed by atoms with Gasteiger partial charge in [0.15, 0.2) is 5.82 Å². The van der Waals surface area contributed by atoms with Gasteiger partial charge in [-0.1, -0.05) is 11.6 Å². The molecule has 0 radical (unpaired) electrons. The summed E-state index contributed by atoms with van der Waals surface area (Å²) in [5.74, 6) is -11.4. The zero-order chi connectivity index (χ0) is 32.9. The molecule has 16 heteroatoms. The lowest BCUT2D eigenvalue weighted by molar-refractivity contribution is -0.137. The average Bonchev–Trinajstić information content (AvgIpc) is 3.49. The first-order valence-electron chi connectivity index (χ1n) is 12.4. The monoisotopic (exact) mass is 683 g/mol. The van der Waals surface area contributed by atoms with E-state index in [9.17, 15) is 45.1 Å². The molecule has 2 atom stereocenters. The first-order valence-corrected chi connectivity index (χ1v) is 13.5. The lowest BCUT2D eigenvalue weighted by atomic mass is 9.98. The van der Waals surface area contributed by atoms with Crippen LogP contribution in [0.15, 0.2) is 48.5 Å². The Balaban J connectivity index is 1.57. The molecule has 0 spiro atoms. The van der Waals surface area contributed by atoms with Gasteiger partial charge in [-0.15, -0.1) is 23.2 Å². The molecule has 3 N–H and O–H groups in total. The molecule has 0 heterocycles. The molecule has 44 heavy (non-hydrogen) atoms. The van der Waals surface area contributed by atoms with Gasteiger partial charge in [0.2, 0.25) is 11.8 Å². The van der Waals surface area contributed by atoms with E-state index in [0.717, 1.165) is 31.2 Å². The summed E-state index contributed by atoms with van der Waals surface area (Å²) in [5, 5.41) is 6.38. The van der Waals surface area contributed by atoms with Crippen molar-refractivity contribution in [2.24, 2.45) is 5.92 Å². The van der Waals surface area contributed by atoms with Crippen LogP contribution in [0.3, 0.4) is 0 Å². The zero-order valence-electron chi connectivity index (χ0n) is 22.3. The van der Waals surface area contributed by atoms with Crippen LogP contribution >= 0.6 is 34.8 Å². The fourth-order valence-electron chi connectivity index (χ4n) is 4.44. The highest BCUT2D eigenvalue weighted by atomic mass is 35.5. The highest BCUT2D eigenvalue weighted by Gasteiger charge is 2.68. The minimum Gasteiger partial charge on any atom is -0.326 e. The fourth-order valence-corrected chi connectivity index (χ4v) is 5.47. The number of carbonyl (C=O) groups excluding carboxylic acids is 3. The SMILES string of the molecule is CC(=O)Nc1c(F)ccc(NC(=O)c2cc(NC(=O)C3C(c4cc(C(C)(F)F)cc(C(F)(F)F)c4)C3(Cl)Cl)ccc2Cl)c1F. The molecule has 0 aliphatic heterocycles. The summed E-state index contributed by atoms with van der Waals surface area (Å²) in [6.07, 6.45) is -4.98. The number of anilines is 3. The Morgan fingerprint density at radius 2 is 1.50 bits per heavy atom. The third-order valence-corrected chi connectivity index (χ3v) is 7.87. The first-order chi connectivity index (χ1) is 20.2. The van der Waals surface area contributed by atoms with Crippen molar-refractivity contribution < 1.29 is 45.1 Å². The number of hydrogen-bond donors (Lipinski definition) is 3. The molecule has 0 bridgehead atoms. The Morgan fingerprint density at radius 3 is 2.09 bits per heavy atom. The van der Waals surface area contributed by atoms with Crippen LogP contribution in [0.1, 0.15) is 46.8 Å². The molecule has 1 aliphatic rings. The van der Waals surface area contributed by atoms with E-state index in [4.69, 9.17) is 34.8 Å². The second-order valence-electron chi connectivity index (χ2n) is 9.96. The third-order valence-electron chi connectivity index (χ3n) is 6.60. The largest absolute Gasteiger partial charge is 0.416 e. The molecular formula is C28H19Cl3F7N3O3. The maximum absolute atomic E-state index is 14.8. The molecule has 4 rings (SSSR count). The van der Waals surface area contributed by atoms with Crippen LogP contribution in [-0.2, 0) is 21.7 Å². The summed E-state index contributed by atoms with van der Waals surface area (Å²) in [6.45, 7) is 1.44. The minimum atomic E-state index is -4.98. The van der Waals surface area contributed by atoms with Gasteiger partial charge in [-0.3, -0.25) is 14.4 Å². The maximum atomic E-state index is 14.8. The Bertz CT molecular complexity index is 1640. The topological polar surface area (TPSA) is 87.3 Å². The summed E-state index contributed by atoms with van der Waals surface area (Å²) in [5.41, 5.74) is -4.34. The normalized spacial score (nSPS) is 17.5. The number of benzene rings is 3. The van der Waals surface area contributed by atoms with E-state index in [-0.39, 0.29) is 21.8 Å². The molecule has 1 fully saturated rings. The molecule has 3 aromatic carbocycles. The second kappa shape index (κ2) is 11.8. The molecule has 0 aromatic heterocycles. The van der Waals surface area contributed by atoms with Crippen molar-refractivity contribution in [3.8, 4) is 0 Å².